The van der Waals surface area contributed by atoms with E-state index in [1.54, 1.807) is 0 Å². The molecule has 0 fully saturated rings. The van der Waals surface area contributed by atoms with Gasteiger partial charge in [-0.15, -0.1) is 0 Å². The molecule has 0 radical (unpaired) electrons. The third-order valence-electron chi connectivity index (χ3n) is 2.76. The molecule has 118 valence electrons. The van der Waals surface area contributed by atoms with E-state index in [2.05, 4.69) is 55.1 Å². The minimum Gasteiger partial charge on any atom is -0.481 e. The Morgan fingerprint density at radius 1 is 0.826 bits per heavy atom. The monoisotopic (exact) mass is 310 g/mol. The van der Waals surface area contributed by atoms with Gasteiger partial charge in [0.05, 0.1) is 0 Å². The first-order valence-corrected chi connectivity index (χ1v) is 6.91. The van der Waals surface area contributed by atoms with Crippen molar-refractivity contribution >= 4 is 17.5 Å². The minimum absolute atomic E-state index is 0.806. The van der Waals surface area contributed by atoms with Crippen LogP contribution in [0.25, 0.3) is 5.57 Å². The first-order valence-electron chi connectivity index (χ1n) is 6.91. The van der Waals surface area contributed by atoms with E-state index in [0.29, 0.717) is 0 Å². The first-order chi connectivity index (χ1) is 11.0. The Labute approximate surface area is 135 Å². The molecule has 0 atom stereocenters. The number of hydrogen-bond acceptors (Lipinski definition) is 2. The van der Waals surface area contributed by atoms with Crippen molar-refractivity contribution in [2.45, 2.75) is 6.42 Å². The van der Waals surface area contributed by atoms with Gasteiger partial charge in [-0.2, -0.15) is 0 Å². The molecule has 0 aliphatic heterocycles. The lowest BCUT2D eigenvalue weighted by Crippen LogP contribution is -2.03. The Bertz CT molecular complexity index is 620. The highest BCUT2D eigenvalue weighted by molar-refractivity contribution is 5.88. The second-order valence-corrected chi connectivity index (χ2v) is 4.51. The first kappa shape index (κ1) is 17.9. The Hall–Kier alpha value is -3.14. The predicted molar refractivity (Wildman–Crippen MR) is 90.0 cm³/mol. The van der Waals surface area contributed by atoms with Gasteiger partial charge in [-0.3, -0.25) is 9.59 Å². The van der Waals surface area contributed by atoms with Crippen LogP contribution < -0.4 is 0 Å². The second kappa shape index (κ2) is 9.73. The topological polar surface area (TPSA) is 74.6 Å². The molecule has 2 N–H and O–H groups in total. The zero-order valence-electron chi connectivity index (χ0n) is 12.6. The van der Waals surface area contributed by atoms with E-state index in [0.717, 1.165) is 0 Å². The molecule has 4 nitrogen and oxygen atoms in total. The van der Waals surface area contributed by atoms with Crippen LogP contribution in [0.4, 0.5) is 0 Å². The van der Waals surface area contributed by atoms with E-state index in [1.165, 1.54) is 16.7 Å². The van der Waals surface area contributed by atoms with Gasteiger partial charge in [0.2, 0.25) is 0 Å². The lowest BCUT2D eigenvalue weighted by Gasteiger charge is -2.07. The van der Waals surface area contributed by atoms with Gasteiger partial charge >= 0.3 is 11.9 Å². The van der Waals surface area contributed by atoms with Gasteiger partial charge in [-0.1, -0.05) is 79.4 Å². The highest BCUT2D eigenvalue weighted by Gasteiger charge is 2.02. The number of rotatable bonds is 5. The van der Waals surface area contributed by atoms with Crippen LogP contribution in [0, 0.1) is 0 Å². The zero-order chi connectivity index (χ0) is 17.1. The minimum atomic E-state index is -1.31. The lowest BCUT2D eigenvalue weighted by molar-refractivity contribution is -0.147. The number of aliphatic carboxylic acids is 2. The normalized spacial score (nSPS) is 9.04. The number of carboxylic acids is 2. The molecular formula is C19H18O4. The van der Waals surface area contributed by atoms with Crippen molar-refractivity contribution in [2.24, 2.45) is 0 Å². The van der Waals surface area contributed by atoms with Gasteiger partial charge in [0, 0.05) is 0 Å². The van der Waals surface area contributed by atoms with E-state index < -0.39 is 18.4 Å². The summed E-state index contributed by atoms with van der Waals surface area (Å²) in [7, 11) is 0. The van der Waals surface area contributed by atoms with Crippen molar-refractivity contribution in [1.82, 2.24) is 0 Å². The van der Waals surface area contributed by atoms with Gasteiger partial charge in [0.15, 0.2) is 0 Å². The van der Waals surface area contributed by atoms with Crippen molar-refractivity contribution in [3.05, 3.63) is 90.5 Å². The lowest BCUT2D eigenvalue weighted by atomic mass is 9.98. The Morgan fingerprint density at radius 3 is 1.48 bits per heavy atom. The summed E-state index contributed by atoms with van der Waals surface area (Å²) in [5.41, 5.74) is 3.64. The average molecular weight is 310 g/mol. The van der Waals surface area contributed by atoms with Gasteiger partial charge in [0.1, 0.15) is 6.42 Å². The Balaban J connectivity index is 0.000000322. The van der Waals surface area contributed by atoms with Crippen LogP contribution in [0.1, 0.15) is 17.5 Å². The zero-order valence-corrected chi connectivity index (χ0v) is 12.6. The summed E-state index contributed by atoms with van der Waals surface area (Å²) in [6, 6.07) is 20.7. The van der Waals surface area contributed by atoms with Crippen LogP contribution in [0.2, 0.25) is 0 Å². The van der Waals surface area contributed by atoms with E-state index in [4.69, 9.17) is 10.2 Å². The number of hydrogen-bond donors (Lipinski definition) is 2. The summed E-state index contributed by atoms with van der Waals surface area (Å²) < 4.78 is 0. The molecule has 0 aliphatic carbocycles. The molecule has 0 aromatic heterocycles. The SMILES string of the molecule is C=CC=C(c1ccccc1)c1ccccc1.O=C(O)CC(=O)O. The summed E-state index contributed by atoms with van der Waals surface area (Å²) in [6.07, 6.45) is 3.07. The van der Waals surface area contributed by atoms with E-state index in [-0.39, 0.29) is 0 Å². The molecule has 0 heterocycles. The highest BCUT2D eigenvalue weighted by Crippen LogP contribution is 2.22. The fourth-order valence-electron chi connectivity index (χ4n) is 1.84. The van der Waals surface area contributed by atoms with E-state index in [1.807, 2.05) is 24.3 Å². The maximum atomic E-state index is 9.43. The number of benzene rings is 2. The summed E-state index contributed by atoms with van der Waals surface area (Å²) in [6.45, 7) is 3.78. The molecule has 4 heteroatoms. The molecule has 0 bridgehead atoms. The van der Waals surface area contributed by atoms with Gasteiger partial charge in [0.25, 0.3) is 0 Å². The maximum Gasteiger partial charge on any atom is 0.314 e. The summed E-state index contributed by atoms with van der Waals surface area (Å²) in [4.78, 5) is 18.9. The van der Waals surface area contributed by atoms with Crippen molar-refractivity contribution in [2.75, 3.05) is 0 Å². The van der Waals surface area contributed by atoms with E-state index >= 15 is 0 Å². The Kier molecular flexibility index (Phi) is 7.58. The molecule has 0 unspecified atom stereocenters. The van der Waals surface area contributed by atoms with Crippen LogP contribution in [0.3, 0.4) is 0 Å². The molecule has 0 amide bonds. The molecule has 2 aromatic carbocycles. The quantitative estimate of drug-likeness (QED) is 0.650. The molecule has 2 aromatic rings. The number of carbonyl (C=O) groups is 2. The van der Waals surface area contributed by atoms with Crippen LogP contribution in [-0.2, 0) is 9.59 Å². The van der Waals surface area contributed by atoms with Gasteiger partial charge < -0.3 is 10.2 Å². The molecule has 0 saturated carbocycles. The van der Waals surface area contributed by atoms with Crippen LogP contribution in [0.5, 0.6) is 0 Å². The summed E-state index contributed by atoms with van der Waals surface area (Å²) >= 11 is 0. The van der Waals surface area contributed by atoms with Crippen LogP contribution in [-0.4, -0.2) is 22.2 Å². The van der Waals surface area contributed by atoms with Gasteiger partial charge in [-0.25, -0.2) is 0 Å². The second-order valence-electron chi connectivity index (χ2n) is 4.51. The van der Waals surface area contributed by atoms with Gasteiger partial charge in [-0.05, 0) is 16.7 Å². The molecule has 23 heavy (non-hydrogen) atoms. The molecule has 0 saturated heterocycles. The fourth-order valence-corrected chi connectivity index (χ4v) is 1.84. The molecule has 2 rings (SSSR count). The van der Waals surface area contributed by atoms with Crippen molar-refractivity contribution in [1.29, 1.82) is 0 Å². The smallest absolute Gasteiger partial charge is 0.314 e. The fraction of sp³-hybridized carbons (Fsp3) is 0.0526. The number of carboxylic acid groups (broad SMARTS) is 2. The Morgan fingerprint density at radius 2 is 1.22 bits per heavy atom. The largest absolute Gasteiger partial charge is 0.481 e. The maximum absolute atomic E-state index is 9.43. The van der Waals surface area contributed by atoms with Crippen molar-refractivity contribution < 1.29 is 19.8 Å². The standard InChI is InChI=1S/C16H14.C3H4O4/c1-2-9-16(14-10-5-3-6-11-14)15-12-7-4-8-13-15;4-2(5)1-3(6)7/h2-13H,1H2;1H2,(H,4,5)(H,6,7). The van der Waals surface area contributed by atoms with Crippen LogP contribution >= 0.6 is 0 Å². The highest BCUT2D eigenvalue weighted by atomic mass is 16.4. The summed E-state index contributed by atoms with van der Waals surface area (Å²) in [5.74, 6) is -2.62. The average Bonchev–Trinajstić information content (AvgIpc) is 2.53. The molecule has 0 aliphatic rings. The van der Waals surface area contributed by atoms with Crippen LogP contribution in [0.15, 0.2) is 79.4 Å². The molecular weight excluding hydrogens is 292 g/mol. The summed E-state index contributed by atoms with van der Waals surface area (Å²) in [5, 5.41) is 15.4. The molecule has 0 spiro atoms. The third-order valence-corrected chi connectivity index (χ3v) is 2.76. The predicted octanol–water partition coefficient (Wildman–Crippen LogP) is 3.85. The van der Waals surface area contributed by atoms with Crippen molar-refractivity contribution in [3.8, 4) is 0 Å². The third kappa shape index (κ3) is 6.91. The van der Waals surface area contributed by atoms with E-state index in [9.17, 15) is 9.59 Å². The number of allylic oxidation sites excluding steroid dienone is 2. The van der Waals surface area contributed by atoms with Crippen molar-refractivity contribution in [3.63, 3.8) is 0 Å².